The molecule has 0 aliphatic rings. The van der Waals surface area contributed by atoms with E-state index in [1.807, 2.05) is 76.2 Å². The number of carbonyl (C=O) groups excluding carboxylic acids is 2. The first-order valence-electron chi connectivity index (χ1n) is 9.60. The van der Waals surface area contributed by atoms with E-state index in [4.69, 9.17) is 4.74 Å². The van der Waals surface area contributed by atoms with Gasteiger partial charge < -0.3 is 15.0 Å². The van der Waals surface area contributed by atoms with Gasteiger partial charge >= 0.3 is 0 Å². The molecule has 0 fully saturated rings. The predicted molar refractivity (Wildman–Crippen MR) is 124 cm³/mol. The van der Waals surface area contributed by atoms with Crippen molar-refractivity contribution < 1.29 is 14.3 Å². The van der Waals surface area contributed by atoms with Crippen LogP contribution < -0.4 is 10.1 Å². The molecule has 156 valence electrons. The zero-order valence-electron chi connectivity index (χ0n) is 17.7. The van der Waals surface area contributed by atoms with E-state index in [2.05, 4.69) is 27.9 Å². The number of halogens is 1. The van der Waals surface area contributed by atoms with Crippen LogP contribution in [0.1, 0.15) is 38.8 Å². The van der Waals surface area contributed by atoms with E-state index in [-0.39, 0.29) is 24.0 Å². The van der Waals surface area contributed by atoms with Gasteiger partial charge in [0.1, 0.15) is 11.8 Å². The summed E-state index contributed by atoms with van der Waals surface area (Å²) in [7, 11) is 0. The van der Waals surface area contributed by atoms with E-state index < -0.39 is 6.04 Å². The van der Waals surface area contributed by atoms with E-state index >= 15 is 0 Å². The molecule has 29 heavy (non-hydrogen) atoms. The Morgan fingerprint density at radius 2 is 1.79 bits per heavy atom. The topological polar surface area (TPSA) is 58.6 Å². The summed E-state index contributed by atoms with van der Waals surface area (Å²) in [5.74, 6) is 0.204. The molecule has 0 aliphatic carbocycles. The summed E-state index contributed by atoms with van der Waals surface area (Å²) in [5, 5.41) is 2.96. The third-order valence-corrected chi connectivity index (χ3v) is 5.00. The van der Waals surface area contributed by atoms with E-state index in [1.165, 1.54) is 0 Å². The highest BCUT2D eigenvalue weighted by Crippen LogP contribution is 2.16. The quantitative estimate of drug-likeness (QED) is 0.568. The molecule has 5 nitrogen and oxygen atoms in total. The number of nitrogens with one attached hydrogen (secondary N) is 1. The summed E-state index contributed by atoms with van der Waals surface area (Å²) in [6.45, 7) is 9.73. The maximum Gasteiger partial charge on any atom is 0.261 e. The summed E-state index contributed by atoms with van der Waals surface area (Å²) in [6.07, 6.45) is 0. The Balaban J connectivity index is 2.16. The van der Waals surface area contributed by atoms with Crippen LogP contribution in [0.3, 0.4) is 0 Å². The molecule has 0 radical (unpaired) electrons. The highest BCUT2D eigenvalue weighted by atomic mass is 127. The number of carbonyl (C=O) groups is 2. The van der Waals surface area contributed by atoms with Gasteiger partial charge in [-0.1, -0.05) is 29.8 Å². The van der Waals surface area contributed by atoms with Gasteiger partial charge in [-0.15, -0.1) is 0 Å². The molecule has 0 bridgehead atoms. The van der Waals surface area contributed by atoms with Gasteiger partial charge in [-0.25, -0.2) is 0 Å². The smallest absolute Gasteiger partial charge is 0.261 e. The average Bonchev–Trinajstić information content (AvgIpc) is 2.63. The summed E-state index contributed by atoms with van der Waals surface area (Å²) < 4.78 is 6.76. The van der Waals surface area contributed by atoms with Crippen molar-refractivity contribution in [2.24, 2.45) is 0 Å². The molecule has 0 saturated carbocycles. The fourth-order valence-corrected chi connectivity index (χ4v) is 3.18. The van der Waals surface area contributed by atoms with Crippen molar-refractivity contribution in [3.63, 3.8) is 0 Å². The third-order valence-electron chi connectivity index (χ3n) is 4.28. The number of amides is 2. The van der Waals surface area contributed by atoms with Crippen LogP contribution in [-0.2, 0) is 16.1 Å². The van der Waals surface area contributed by atoms with Gasteiger partial charge in [0.25, 0.3) is 5.91 Å². The number of hydrogen-bond acceptors (Lipinski definition) is 3. The lowest BCUT2D eigenvalue weighted by Gasteiger charge is -2.31. The minimum absolute atomic E-state index is 0.125. The van der Waals surface area contributed by atoms with Crippen LogP contribution in [0, 0.1) is 10.5 Å². The van der Waals surface area contributed by atoms with Crippen molar-refractivity contribution in [2.75, 3.05) is 6.61 Å². The van der Waals surface area contributed by atoms with Crippen LogP contribution in [0.15, 0.2) is 48.5 Å². The predicted octanol–water partition coefficient (Wildman–Crippen LogP) is 4.31. The van der Waals surface area contributed by atoms with Gasteiger partial charge in [0.2, 0.25) is 5.91 Å². The van der Waals surface area contributed by atoms with Crippen LogP contribution in [0.2, 0.25) is 0 Å². The molecule has 2 aromatic rings. The molecule has 1 unspecified atom stereocenters. The molecule has 1 N–H and O–H groups in total. The molecule has 0 saturated heterocycles. The Kier molecular flexibility index (Phi) is 8.07. The lowest BCUT2D eigenvalue weighted by Crippen LogP contribution is -2.53. The van der Waals surface area contributed by atoms with Gasteiger partial charge in [-0.3, -0.25) is 9.59 Å². The number of hydrogen-bond donors (Lipinski definition) is 1. The van der Waals surface area contributed by atoms with Gasteiger partial charge in [0.15, 0.2) is 6.61 Å². The highest BCUT2D eigenvalue weighted by molar-refractivity contribution is 14.1. The Labute approximate surface area is 187 Å². The maximum absolute atomic E-state index is 13.0. The van der Waals surface area contributed by atoms with Crippen LogP contribution in [0.25, 0.3) is 0 Å². The number of rotatable bonds is 7. The lowest BCUT2D eigenvalue weighted by molar-refractivity contribution is -0.142. The summed E-state index contributed by atoms with van der Waals surface area (Å²) in [4.78, 5) is 27.3. The molecule has 0 aliphatic heterocycles. The van der Waals surface area contributed by atoms with Crippen molar-refractivity contribution in [2.45, 2.75) is 52.7 Å². The average molecular weight is 508 g/mol. The monoisotopic (exact) mass is 508 g/mol. The highest BCUT2D eigenvalue weighted by Gasteiger charge is 2.28. The fourth-order valence-electron chi connectivity index (χ4n) is 2.82. The van der Waals surface area contributed by atoms with Crippen LogP contribution in [0.5, 0.6) is 5.75 Å². The largest absolute Gasteiger partial charge is 0.484 e. The SMILES string of the molecule is Cc1cccc(CN(C(=O)COc2ccc(I)cc2)C(C)C(=O)NC(C)(C)C)c1. The lowest BCUT2D eigenvalue weighted by atomic mass is 10.1. The van der Waals surface area contributed by atoms with E-state index in [0.29, 0.717) is 12.3 Å². The van der Waals surface area contributed by atoms with Crippen molar-refractivity contribution in [1.82, 2.24) is 10.2 Å². The van der Waals surface area contributed by atoms with Gasteiger partial charge in [-0.05, 0) is 87.0 Å². The Hall–Kier alpha value is -2.09. The minimum atomic E-state index is -0.623. The molecule has 2 aromatic carbocycles. The maximum atomic E-state index is 13.0. The molecular weight excluding hydrogens is 479 g/mol. The third kappa shape index (κ3) is 7.68. The van der Waals surface area contributed by atoms with Gasteiger partial charge in [0.05, 0.1) is 0 Å². The van der Waals surface area contributed by atoms with Crippen molar-refractivity contribution in [1.29, 1.82) is 0 Å². The van der Waals surface area contributed by atoms with Crippen LogP contribution >= 0.6 is 22.6 Å². The summed E-state index contributed by atoms with van der Waals surface area (Å²) in [5.41, 5.74) is 1.71. The van der Waals surface area contributed by atoms with E-state index in [0.717, 1.165) is 14.7 Å². The van der Waals surface area contributed by atoms with Crippen molar-refractivity contribution in [3.8, 4) is 5.75 Å². The first kappa shape index (κ1) is 23.2. The Morgan fingerprint density at radius 3 is 2.38 bits per heavy atom. The second kappa shape index (κ2) is 10.1. The minimum Gasteiger partial charge on any atom is -0.484 e. The standard InChI is InChI=1S/C23H29IN2O3/c1-16-7-6-8-18(13-16)14-26(17(2)22(28)25-23(3,4)5)21(27)15-29-20-11-9-19(24)10-12-20/h6-13,17H,14-15H2,1-5H3,(H,25,28). The zero-order valence-corrected chi connectivity index (χ0v) is 19.8. The molecule has 1 atom stereocenters. The first-order chi connectivity index (χ1) is 13.5. The molecular formula is C23H29IN2O3. The summed E-state index contributed by atoms with van der Waals surface area (Å²) >= 11 is 2.22. The van der Waals surface area contributed by atoms with E-state index in [9.17, 15) is 9.59 Å². The van der Waals surface area contributed by atoms with E-state index in [1.54, 1.807) is 11.8 Å². The molecule has 6 heteroatoms. The van der Waals surface area contributed by atoms with Crippen LogP contribution in [0.4, 0.5) is 0 Å². The van der Waals surface area contributed by atoms with Crippen LogP contribution in [-0.4, -0.2) is 34.9 Å². The zero-order chi connectivity index (χ0) is 21.6. The molecule has 0 spiro atoms. The van der Waals surface area contributed by atoms with Gasteiger partial charge in [-0.2, -0.15) is 0 Å². The number of benzene rings is 2. The first-order valence-corrected chi connectivity index (χ1v) is 10.7. The van der Waals surface area contributed by atoms with Gasteiger partial charge in [0, 0.05) is 15.7 Å². The summed E-state index contributed by atoms with van der Waals surface area (Å²) in [6, 6.07) is 14.8. The van der Waals surface area contributed by atoms with Crippen molar-refractivity contribution in [3.05, 3.63) is 63.2 Å². The second-order valence-corrected chi connectivity index (χ2v) is 9.41. The Bertz CT molecular complexity index is 844. The molecule has 2 amide bonds. The fraction of sp³-hybridized carbons (Fsp3) is 0.391. The molecule has 0 aromatic heterocycles. The molecule has 0 heterocycles. The molecule has 2 rings (SSSR count). The van der Waals surface area contributed by atoms with Crippen molar-refractivity contribution >= 4 is 34.4 Å². The second-order valence-electron chi connectivity index (χ2n) is 8.17. The normalized spacial score (nSPS) is 12.2. The number of aryl methyl sites for hydroxylation is 1. The Morgan fingerprint density at radius 1 is 1.14 bits per heavy atom. The number of nitrogens with zero attached hydrogens (tertiary/aromatic N) is 1. The number of ether oxygens (including phenoxy) is 1.